The molecule has 7 aliphatic rings. The highest BCUT2D eigenvalue weighted by Crippen LogP contribution is 2.55. The Morgan fingerprint density at radius 3 is 1.42 bits per heavy atom. The third-order valence-electron chi connectivity index (χ3n) is 24.8. The largest absolute Gasteiger partial charge is 0.372 e. The number of halogens is 1. The smallest absolute Gasteiger partial charge is 0.261 e. The first-order chi connectivity index (χ1) is 58.4. The van der Waals surface area contributed by atoms with Crippen LogP contribution in [0, 0.1) is 29.6 Å². The molecule has 0 bridgehead atoms. The van der Waals surface area contributed by atoms with E-state index in [1.165, 1.54) is 48.5 Å². The van der Waals surface area contributed by atoms with Crippen molar-refractivity contribution in [2.75, 3.05) is 70.4 Å². The van der Waals surface area contributed by atoms with Crippen molar-refractivity contribution < 1.29 is 19.2 Å². The second-order valence-corrected chi connectivity index (χ2v) is 36.5. The molecule has 6 aromatic heterocycles. The van der Waals surface area contributed by atoms with Crippen molar-refractivity contribution in [3.63, 3.8) is 0 Å². The molecule has 11 aromatic rings. The number of piperidine rings is 2. The van der Waals surface area contributed by atoms with Gasteiger partial charge in [-0.15, -0.1) is 45.8 Å². The number of carbonyl (C=O) groups is 4. The molecule has 2 saturated heterocycles. The lowest BCUT2D eigenvalue weighted by molar-refractivity contribution is -0.142. The number of para-hydroxylation sites is 2. The zero-order chi connectivity index (χ0) is 85.0. The van der Waals surface area contributed by atoms with Gasteiger partial charge in [-0.3, -0.25) is 43.5 Å². The molecule has 18 rings (SSSR count). The van der Waals surface area contributed by atoms with Crippen LogP contribution in [-0.4, -0.2) is 157 Å². The van der Waals surface area contributed by atoms with Gasteiger partial charge in [0.2, 0.25) is 11.8 Å². The first-order valence-corrected chi connectivity index (χ1v) is 45.1. The van der Waals surface area contributed by atoms with Gasteiger partial charge in [0, 0.05) is 150 Å². The Kier molecular flexibility index (Phi) is 24.9. The minimum absolute atomic E-state index is 0.0116. The predicted octanol–water partition coefficient (Wildman–Crippen LogP) is 15.2. The predicted molar refractivity (Wildman–Crippen MR) is 490 cm³/mol. The second-order valence-electron chi connectivity index (χ2n) is 32.0. The van der Waals surface area contributed by atoms with Crippen molar-refractivity contribution in [1.82, 2.24) is 49.3 Å². The molecule has 622 valence electrons. The summed E-state index contributed by atoms with van der Waals surface area (Å²) in [4.78, 5) is 105. The van der Waals surface area contributed by atoms with Crippen LogP contribution in [0.25, 0.3) is 39.5 Å². The molecule has 5 aromatic carbocycles. The highest BCUT2D eigenvalue weighted by Gasteiger charge is 2.62. The number of aliphatic imine (C=N–C) groups is 4. The number of thiophene rings is 3. The molecule has 0 spiro atoms. The maximum absolute atomic E-state index is 13.9. The lowest BCUT2D eigenvalue weighted by Gasteiger charge is -2.49. The Bertz CT molecular complexity index is 5490. The number of anilines is 2. The molecule has 0 unspecified atom stereocenters. The Balaban J connectivity index is 0.000000126. The van der Waals surface area contributed by atoms with E-state index < -0.39 is 27.7 Å². The molecule has 12 heterocycles. The number of likely N-dealkylation sites (N-methyl/N-ethyl adjacent to an activating group) is 2. The van der Waals surface area contributed by atoms with Gasteiger partial charge in [0.05, 0.1) is 11.8 Å². The number of rotatable bonds is 17. The van der Waals surface area contributed by atoms with Crippen LogP contribution in [0.1, 0.15) is 91.5 Å². The molecule has 8 N–H and O–H groups in total. The first kappa shape index (κ1) is 84.5. The zero-order valence-electron chi connectivity index (χ0n) is 68.9. The van der Waals surface area contributed by atoms with Crippen LogP contribution in [0.5, 0.6) is 0 Å². The van der Waals surface area contributed by atoms with Crippen LogP contribution in [0.2, 0.25) is 0 Å². The van der Waals surface area contributed by atoms with Gasteiger partial charge in [0.25, 0.3) is 11.8 Å². The van der Waals surface area contributed by atoms with Crippen LogP contribution < -0.4 is 32.7 Å². The molecule has 4 amide bonds. The Morgan fingerprint density at radius 1 is 0.488 bits per heavy atom. The average Bonchev–Trinajstić information content (AvgIpc) is 1.68. The summed E-state index contributed by atoms with van der Waals surface area (Å²) in [6, 6.07) is 55.7. The Hall–Kier alpha value is -11.5. The number of allylic oxidation sites excluding steroid dienone is 1. The fourth-order valence-corrected chi connectivity index (χ4v) is 22.0. The van der Waals surface area contributed by atoms with E-state index in [4.69, 9.17) is 37.9 Å². The van der Waals surface area contributed by atoms with E-state index in [9.17, 15) is 19.2 Å². The molecule has 24 nitrogen and oxygen atoms in total. The number of guanidine groups is 4. The maximum atomic E-state index is 13.9. The summed E-state index contributed by atoms with van der Waals surface area (Å²) in [5, 5.41) is 10.7. The number of hydrogen-bond acceptors (Lipinski definition) is 23. The van der Waals surface area contributed by atoms with Crippen molar-refractivity contribution >= 4 is 127 Å². The van der Waals surface area contributed by atoms with Gasteiger partial charge in [0.15, 0.2) is 34.9 Å². The molecule has 29 heteroatoms. The van der Waals surface area contributed by atoms with Crippen molar-refractivity contribution in [3.05, 3.63) is 266 Å². The molecule has 121 heavy (non-hydrogen) atoms. The lowest BCUT2D eigenvalue weighted by Crippen LogP contribution is -2.65. The minimum Gasteiger partial charge on any atom is -0.372 e. The van der Waals surface area contributed by atoms with Crippen molar-refractivity contribution in [1.29, 1.82) is 0 Å². The third kappa shape index (κ3) is 16.7. The van der Waals surface area contributed by atoms with Gasteiger partial charge in [0.1, 0.15) is 29.3 Å². The molecule has 1 aliphatic carbocycles. The normalized spacial score (nSPS) is 24.0. The summed E-state index contributed by atoms with van der Waals surface area (Å²) < 4.78 is 2.67. The molecular weight excluding hydrogens is 1660 g/mol. The molecular formula is C92H99BrN20O4S4. The van der Waals surface area contributed by atoms with Gasteiger partial charge in [-0.05, 0) is 210 Å². The molecule has 0 radical (unpaired) electrons. The van der Waals surface area contributed by atoms with E-state index in [1.807, 2.05) is 97.4 Å². The number of benzene rings is 5. The van der Waals surface area contributed by atoms with Crippen LogP contribution in [0.15, 0.2) is 265 Å². The Labute approximate surface area is 730 Å². The topological polar surface area (TPSA) is 311 Å². The molecule has 6 aliphatic heterocycles. The van der Waals surface area contributed by atoms with E-state index >= 15 is 0 Å². The fraction of sp³-hybridized carbons (Fsp3) is 0.315. The van der Waals surface area contributed by atoms with Gasteiger partial charge < -0.3 is 32.7 Å². The van der Waals surface area contributed by atoms with Gasteiger partial charge >= 0.3 is 0 Å². The lowest BCUT2D eigenvalue weighted by atomic mass is 9.70. The van der Waals surface area contributed by atoms with Crippen molar-refractivity contribution in [3.8, 4) is 33.4 Å². The molecule has 3 fully saturated rings. The number of hydrogen-bond donors (Lipinski definition) is 4. The van der Waals surface area contributed by atoms with E-state index in [2.05, 4.69) is 184 Å². The monoisotopic (exact) mass is 1750 g/mol. The van der Waals surface area contributed by atoms with E-state index in [-0.39, 0.29) is 71.1 Å². The van der Waals surface area contributed by atoms with Crippen LogP contribution in [0.4, 0.5) is 11.4 Å². The molecule has 1 saturated carbocycles. The van der Waals surface area contributed by atoms with Crippen LogP contribution in [0.3, 0.4) is 0 Å². The third-order valence-corrected chi connectivity index (χ3v) is 29.7. The van der Waals surface area contributed by atoms with Crippen LogP contribution in [-0.2, 0) is 46.9 Å². The van der Waals surface area contributed by atoms with Gasteiger partial charge in [-0.25, -0.2) is 39.9 Å². The van der Waals surface area contributed by atoms with Crippen LogP contribution >= 0.6 is 61.7 Å². The highest BCUT2D eigenvalue weighted by molar-refractivity contribution is 9.10. The number of aromatic nitrogens is 6. The zero-order valence-corrected chi connectivity index (χ0v) is 73.7. The number of carbonyl (C=O) groups excluding carboxylic acids is 4. The maximum Gasteiger partial charge on any atom is 0.261 e. The van der Waals surface area contributed by atoms with E-state index in [0.717, 1.165) is 128 Å². The van der Waals surface area contributed by atoms with Crippen molar-refractivity contribution in [2.45, 2.75) is 98.3 Å². The summed E-state index contributed by atoms with van der Waals surface area (Å²) in [7, 11) is 6.82. The first-order valence-electron chi connectivity index (χ1n) is 40.4. The Morgan fingerprint density at radius 2 is 0.959 bits per heavy atom. The van der Waals surface area contributed by atoms with Crippen molar-refractivity contribution in [2.24, 2.45) is 72.5 Å². The average molecular weight is 1760 g/mol. The number of thioether (sulfide) groups is 1. The minimum atomic E-state index is -1.11. The van der Waals surface area contributed by atoms with E-state index in [1.54, 1.807) is 110 Å². The summed E-state index contributed by atoms with van der Waals surface area (Å²) >= 11 is 10.0. The molecule has 7 atom stereocenters. The summed E-state index contributed by atoms with van der Waals surface area (Å²) in [6.07, 6.45) is 26.0. The standard InChI is InChI=1S/2C25H28N6OS.C22H22BrN5OS.C20H21N3OS/c2*1-25(21-12-18(15-33-21)19-13-27-16-28-14-19)22(23(32)30(2)24(26)29-25)17-8-10-31(11-9-17)20-6-4-3-5-7-20;1-21(18-14-17(23)15-30-18)22(28-13-7-12-25-28,19(29)27(2)20(24)26-21)11-6-10-16-8-4-3-5-9-16;1-23-18(24)20(15-9-10-15,22-19(23)21)16-7-3-5-13(11-16)14-6-4-8-17(12-14)25-2/h2*3-7,12-17,22H,8-11H2,1-2H3,(H2,26,29);3-10,12-15H,11H2,1-2H3,(H2,24,26);3-8,11-12,15H,9-10H2,1-2H3,(H2,21,22)/b;;10-6+;/t22-,25+;22-,25-;21-,22-;20-/m0111/s1. The fourth-order valence-electron chi connectivity index (χ4n) is 17.8. The number of nitrogens with zero attached hydrogens (tertiary/aromatic N) is 16. The summed E-state index contributed by atoms with van der Waals surface area (Å²) in [6.45, 7) is 9.79. The SMILES string of the molecule is CN1C(=O)[C@@H](C2CCN(c3ccccc3)CC2)[C@@](C)(c2cc(-c3cncnc3)cs2)N=C1N.CN1C(=O)[C@@](C/C=C/c2ccccc2)(n2cccn2)[C@@](C)(c2cc(Br)cs2)N=C1N.CN1C(=O)[C@H](C2CCN(c3ccccc3)CC2)[C@@](C)(c2cc(-c3cncnc3)cs2)N=C1N.CSc1cccc(-c2cccc([C@@]3(C4CC4)N=C(N)N(C)C3=O)c2)c1. The number of amides is 4. The van der Waals surface area contributed by atoms with E-state index in [0.29, 0.717) is 12.4 Å². The summed E-state index contributed by atoms with van der Waals surface area (Å²) in [5.74, 6) is 1.20. The number of nitrogens with two attached hydrogens (primary N) is 4. The highest BCUT2D eigenvalue weighted by atomic mass is 79.9. The quantitative estimate of drug-likeness (QED) is 0.0616. The van der Waals surface area contributed by atoms with Gasteiger partial charge in [-0.1, -0.05) is 109 Å². The summed E-state index contributed by atoms with van der Waals surface area (Å²) in [5.41, 5.74) is 31.0. The van der Waals surface area contributed by atoms with Gasteiger partial charge in [-0.2, -0.15) is 5.10 Å². The second kappa shape index (κ2) is 35.7.